The van der Waals surface area contributed by atoms with E-state index in [0.29, 0.717) is 5.56 Å². The number of rotatable bonds is 9. The van der Waals surface area contributed by atoms with Crippen molar-refractivity contribution in [2.24, 2.45) is 0 Å². The van der Waals surface area contributed by atoms with Gasteiger partial charge in [0.15, 0.2) is 5.13 Å². The molecule has 0 saturated heterocycles. The van der Waals surface area contributed by atoms with Gasteiger partial charge in [0, 0.05) is 19.3 Å². The first-order valence-electron chi connectivity index (χ1n) is 11.7. The smallest absolute Gasteiger partial charge is 0.230 e. The molecule has 0 fully saturated rings. The molecule has 2 aromatic carbocycles. The Morgan fingerprint density at radius 2 is 1.93 bits per heavy atom. The minimum atomic E-state index is -2.40. The lowest BCUT2D eigenvalue weighted by atomic mass is 10.0. The van der Waals surface area contributed by atoms with Gasteiger partial charge in [-0.1, -0.05) is 48.9 Å². The Balaban J connectivity index is 1.64. The van der Waals surface area contributed by atoms with E-state index in [1.54, 1.807) is 30.3 Å². The first-order valence-corrected chi connectivity index (χ1v) is 9.57. The zero-order valence-corrected chi connectivity index (χ0v) is 15.9. The largest absolute Gasteiger partial charge is 0.388 e. The highest BCUT2D eigenvalue weighted by Crippen LogP contribution is 2.20. The summed E-state index contributed by atoms with van der Waals surface area (Å²) in [6.07, 6.45) is -8.10. The van der Waals surface area contributed by atoms with Gasteiger partial charge in [-0.15, -0.1) is 11.3 Å². The van der Waals surface area contributed by atoms with Gasteiger partial charge in [-0.3, -0.25) is 4.79 Å². The van der Waals surface area contributed by atoms with Gasteiger partial charge in [0.25, 0.3) is 0 Å². The molecule has 6 heteroatoms. The van der Waals surface area contributed by atoms with Gasteiger partial charge >= 0.3 is 0 Å². The normalized spacial score (nSPS) is 16.6. The van der Waals surface area contributed by atoms with E-state index in [9.17, 15) is 9.90 Å². The topological polar surface area (TPSA) is 88.2 Å². The first-order chi connectivity index (χ1) is 15.8. The lowest BCUT2D eigenvalue weighted by molar-refractivity contribution is -0.115. The lowest BCUT2D eigenvalue weighted by Gasteiger charge is -2.10. The fourth-order valence-electron chi connectivity index (χ4n) is 2.46. The van der Waals surface area contributed by atoms with Crippen LogP contribution in [0.15, 0.2) is 60.0 Å². The summed E-state index contributed by atoms with van der Waals surface area (Å²) in [7, 11) is 0. The number of benzene rings is 2. The van der Waals surface area contributed by atoms with E-state index in [4.69, 9.17) is 14.0 Å². The maximum atomic E-state index is 12.4. The summed E-state index contributed by atoms with van der Waals surface area (Å²) in [5.74, 6) is -0.934. The molecule has 5 nitrogen and oxygen atoms in total. The van der Waals surface area contributed by atoms with Crippen LogP contribution in [-0.4, -0.2) is 16.0 Å². The third-order valence-corrected chi connectivity index (χ3v) is 4.49. The van der Waals surface area contributed by atoms with Crippen molar-refractivity contribution in [2.45, 2.75) is 38.1 Å². The number of nitrogens with zero attached hydrogens (tertiary/aromatic N) is 1. The van der Waals surface area contributed by atoms with E-state index in [-0.39, 0.29) is 34.9 Å². The predicted octanol–water partition coefficient (Wildman–Crippen LogP) is 4.35. The number of carbonyl (C=O) groups excluding carboxylic acids is 1. The molecule has 0 radical (unpaired) electrons. The highest BCUT2D eigenvalue weighted by atomic mass is 32.1. The Bertz CT molecular complexity index is 1120. The van der Waals surface area contributed by atoms with Crippen molar-refractivity contribution in [1.82, 2.24) is 4.98 Å². The van der Waals surface area contributed by atoms with Crippen LogP contribution in [0.3, 0.4) is 0 Å². The van der Waals surface area contributed by atoms with E-state index in [2.05, 4.69) is 10.3 Å². The highest BCUT2D eigenvalue weighted by Gasteiger charge is 2.08. The van der Waals surface area contributed by atoms with Crippen LogP contribution >= 0.6 is 11.3 Å². The Kier molecular flexibility index (Phi) is 4.82. The SMILES string of the molecule is [2H]C([2H])(CCC([2H])([2H])[C@H](O)c1ccccc1)c1ccc(NC(=O)C([2H])([2H])c2csc(N)n2)cc1. The quantitative estimate of drug-likeness (QED) is 0.497. The van der Waals surface area contributed by atoms with Crippen molar-refractivity contribution in [1.29, 1.82) is 0 Å². The molecule has 0 saturated carbocycles. The number of nitrogen functional groups attached to an aromatic ring is 1. The minimum absolute atomic E-state index is 0.0904. The van der Waals surface area contributed by atoms with Crippen LogP contribution in [0.4, 0.5) is 10.8 Å². The standard InChI is InChI=1S/C22H25N3O2S/c23-22-25-19(15-28-22)14-21(27)24-18-12-10-16(11-13-18)6-4-5-9-20(26)17-7-2-1-3-8-17/h1-3,7-8,10-13,15,20,26H,4-6,9,14H2,(H2,23,25)(H,24,27)/t20-/m0/s1/i6D2,9D2,14D2. The molecule has 1 aromatic heterocycles. The zero-order valence-electron chi connectivity index (χ0n) is 21.1. The van der Waals surface area contributed by atoms with E-state index >= 15 is 0 Å². The summed E-state index contributed by atoms with van der Waals surface area (Å²) < 4.78 is 49.2. The van der Waals surface area contributed by atoms with Crippen molar-refractivity contribution in [3.63, 3.8) is 0 Å². The Labute approximate surface area is 177 Å². The van der Waals surface area contributed by atoms with Gasteiger partial charge in [0.1, 0.15) is 0 Å². The van der Waals surface area contributed by atoms with Crippen LogP contribution in [0.1, 0.15) is 50.4 Å². The van der Waals surface area contributed by atoms with Crippen LogP contribution in [-0.2, 0) is 17.5 Å². The molecule has 1 amide bonds. The number of nitrogens with one attached hydrogen (secondary N) is 1. The van der Waals surface area contributed by atoms with Gasteiger partial charge < -0.3 is 16.2 Å². The third kappa shape index (κ3) is 6.18. The molecule has 0 aliphatic heterocycles. The number of aliphatic hydroxyl groups excluding tert-OH is 1. The van der Waals surface area contributed by atoms with Crippen molar-refractivity contribution < 1.29 is 18.1 Å². The maximum Gasteiger partial charge on any atom is 0.230 e. The molecular formula is C22H25N3O2S. The second kappa shape index (κ2) is 10.0. The molecule has 1 heterocycles. The fourth-order valence-corrected chi connectivity index (χ4v) is 2.96. The molecule has 3 aromatic rings. The van der Waals surface area contributed by atoms with E-state index in [1.165, 1.54) is 29.6 Å². The number of hydrogen-bond acceptors (Lipinski definition) is 5. The second-order valence-corrected chi connectivity index (χ2v) is 6.81. The van der Waals surface area contributed by atoms with Crippen molar-refractivity contribution in [2.75, 3.05) is 11.1 Å². The van der Waals surface area contributed by atoms with Crippen LogP contribution < -0.4 is 11.1 Å². The number of carbonyl (C=O) groups is 1. The lowest BCUT2D eigenvalue weighted by Crippen LogP contribution is -2.14. The molecule has 0 aliphatic carbocycles. The molecule has 4 N–H and O–H groups in total. The Morgan fingerprint density at radius 3 is 2.61 bits per heavy atom. The molecule has 28 heavy (non-hydrogen) atoms. The number of aliphatic hydroxyl groups is 1. The summed E-state index contributed by atoms with van der Waals surface area (Å²) >= 11 is 1.03. The average molecular weight is 402 g/mol. The number of aromatic nitrogens is 1. The molecule has 0 aliphatic rings. The van der Waals surface area contributed by atoms with Gasteiger partial charge in [0.05, 0.1) is 18.2 Å². The van der Waals surface area contributed by atoms with Crippen molar-refractivity contribution in [3.8, 4) is 0 Å². The molecule has 3 rings (SSSR count). The third-order valence-electron chi connectivity index (χ3n) is 3.81. The summed E-state index contributed by atoms with van der Waals surface area (Å²) in [6.45, 7) is 0. The van der Waals surface area contributed by atoms with Crippen molar-refractivity contribution >= 4 is 28.1 Å². The first kappa shape index (κ1) is 13.5. The maximum absolute atomic E-state index is 12.4. The highest BCUT2D eigenvalue weighted by molar-refractivity contribution is 7.13. The summed E-state index contributed by atoms with van der Waals surface area (Å²) in [5.41, 5.74) is 6.39. The fraction of sp³-hybridized carbons (Fsp3) is 0.273. The van der Waals surface area contributed by atoms with Crippen LogP contribution in [0.5, 0.6) is 0 Å². The molecular weight excluding hydrogens is 370 g/mol. The van der Waals surface area contributed by atoms with E-state index < -0.39 is 31.1 Å². The van der Waals surface area contributed by atoms with E-state index in [1.807, 2.05) is 0 Å². The summed E-state index contributed by atoms with van der Waals surface area (Å²) in [6, 6.07) is 14.2. The van der Waals surface area contributed by atoms with Crippen LogP contribution in [0.2, 0.25) is 0 Å². The summed E-state index contributed by atoms with van der Waals surface area (Å²) in [4.78, 5) is 16.2. The number of hydrogen-bond donors (Lipinski definition) is 3. The van der Waals surface area contributed by atoms with Gasteiger partial charge in [-0.2, -0.15) is 0 Å². The number of thiazole rings is 1. The van der Waals surface area contributed by atoms with E-state index in [0.717, 1.165) is 11.3 Å². The predicted molar refractivity (Wildman–Crippen MR) is 114 cm³/mol. The van der Waals surface area contributed by atoms with Gasteiger partial charge in [0.2, 0.25) is 5.91 Å². The number of anilines is 2. The molecule has 0 spiro atoms. The molecule has 0 unspecified atom stereocenters. The van der Waals surface area contributed by atoms with Gasteiger partial charge in [-0.25, -0.2) is 4.98 Å². The number of amides is 1. The molecule has 0 bridgehead atoms. The van der Waals surface area contributed by atoms with Gasteiger partial charge in [-0.05, 0) is 42.4 Å². The zero-order chi connectivity index (χ0) is 25.1. The van der Waals surface area contributed by atoms with Crippen molar-refractivity contribution in [3.05, 3.63) is 76.8 Å². The second-order valence-electron chi connectivity index (χ2n) is 5.92. The average Bonchev–Trinajstić information content (AvgIpc) is 3.25. The van der Waals surface area contributed by atoms with Crippen LogP contribution in [0.25, 0.3) is 0 Å². The number of aryl methyl sites for hydroxylation is 1. The monoisotopic (exact) mass is 401 g/mol. The molecule has 146 valence electrons. The molecule has 1 atom stereocenters. The summed E-state index contributed by atoms with van der Waals surface area (Å²) in [5, 5.41) is 14.4. The van der Waals surface area contributed by atoms with Crippen LogP contribution in [0, 0.1) is 0 Å². The number of nitrogens with two attached hydrogens (primary N) is 1. The minimum Gasteiger partial charge on any atom is -0.388 e. The Hall–Kier alpha value is -2.70. The Morgan fingerprint density at radius 1 is 1.18 bits per heavy atom.